The minimum atomic E-state index is -1.10. The first-order valence-electron chi connectivity index (χ1n) is 5.04. The Bertz CT molecular complexity index is 583. The number of nitrogens with zero attached hydrogens (tertiary/aromatic N) is 4. The highest BCUT2D eigenvalue weighted by molar-refractivity contribution is 6.35. The number of nitrogens with one attached hydrogen (secondary N) is 1. The van der Waals surface area contributed by atoms with Crippen molar-refractivity contribution >= 4 is 23.4 Å². The lowest BCUT2D eigenvalue weighted by Gasteiger charge is -2.06. The molecule has 0 amide bonds. The second-order valence-corrected chi connectivity index (χ2v) is 3.89. The summed E-state index contributed by atoms with van der Waals surface area (Å²) >= 11 is 5.92. The lowest BCUT2D eigenvalue weighted by molar-refractivity contribution is 0.0697. The summed E-state index contributed by atoms with van der Waals surface area (Å²) < 4.78 is 1.57. The number of aromatic carboxylic acids is 1. The van der Waals surface area contributed by atoms with Crippen molar-refractivity contribution in [2.75, 3.05) is 5.32 Å². The van der Waals surface area contributed by atoms with Crippen LogP contribution in [0.1, 0.15) is 16.2 Å². The summed E-state index contributed by atoms with van der Waals surface area (Å²) in [4.78, 5) is 18.9. The number of hydrogen-bond acceptors (Lipinski definition) is 5. The van der Waals surface area contributed by atoms with Gasteiger partial charge in [-0.1, -0.05) is 11.6 Å². The number of pyridine rings is 1. The molecule has 0 aliphatic heterocycles. The van der Waals surface area contributed by atoms with Crippen LogP contribution in [0.4, 0.5) is 5.82 Å². The van der Waals surface area contributed by atoms with Crippen LogP contribution in [0.25, 0.3) is 0 Å². The van der Waals surface area contributed by atoms with E-state index in [1.54, 1.807) is 18.1 Å². The zero-order valence-electron chi connectivity index (χ0n) is 9.46. The molecular weight excluding hydrogens is 258 g/mol. The Labute approximate surface area is 107 Å². The van der Waals surface area contributed by atoms with Crippen LogP contribution in [-0.4, -0.2) is 30.8 Å². The van der Waals surface area contributed by atoms with Gasteiger partial charge in [-0.25, -0.2) is 14.8 Å². The molecule has 2 rings (SSSR count). The molecule has 0 saturated heterocycles. The first kappa shape index (κ1) is 12.3. The second-order valence-electron chi connectivity index (χ2n) is 3.51. The van der Waals surface area contributed by atoms with Gasteiger partial charge in [-0.3, -0.25) is 4.68 Å². The van der Waals surface area contributed by atoms with E-state index in [1.165, 1.54) is 12.3 Å². The third kappa shape index (κ3) is 2.57. The summed E-state index contributed by atoms with van der Waals surface area (Å²) in [5, 5.41) is 15.9. The highest BCUT2D eigenvalue weighted by atomic mass is 35.5. The third-order valence-electron chi connectivity index (χ3n) is 2.18. The number of hydrogen-bond donors (Lipinski definition) is 2. The summed E-state index contributed by atoms with van der Waals surface area (Å²) in [5.74, 6) is -0.235. The molecule has 2 aromatic rings. The van der Waals surface area contributed by atoms with Gasteiger partial charge < -0.3 is 10.4 Å². The van der Waals surface area contributed by atoms with Crippen molar-refractivity contribution in [1.82, 2.24) is 19.7 Å². The standard InChI is InChI=1S/C10H10ClN5O2/c1-16-5-14-7(15-16)4-13-9-8(11)6(10(17)18)2-3-12-9/h2-3,5H,4H2,1H3,(H,12,13)(H,17,18). The quantitative estimate of drug-likeness (QED) is 0.864. The Hall–Kier alpha value is -2.15. The molecule has 0 aliphatic carbocycles. The fourth-order valence-corrected chi connectivity index (χ4v) is 1.62. The van der Waals surface area contributed by atoms with Gasteiger partial charge in [-0.15, -0.1) is 0 Å². The molecule has 2 aromatic heterocycles. The molecule has 2 heterocycles. The van der Waals surface area contributed by atoms with Crippen LogP contribution in [0.2, 0.25) is 5.02 Å². The van der Waals surface area contributed by atoms with Crippen LogP contribution in [0.15, 0.2) is 18.6 Å². The van der Waals surface area contributed by atoms with Crippen LogP contribution >= 0.6 is 11.6 Å². The second kappa shape index (κ2) is 5.01. The summed E-state index contributed by atoms with van der Waals surface area (Å²) in [6.07, 6.45) is 2.95. The normalized spacial score (nSPS) is 10.3. The van der Waals surface area contributed by atoms with Gasteiger partial charge in [0.05, 0.1) is 17.1 Å². The number of carbonyl (C=O) groups is 1. The van der Waals surface area contributed by atoms with Crippen LogP contribution < -0.4 is 5.32 Å². The third-order valence-corrected chi connectivity index (χ3v) is 2.56. The predicted molar refractivity (Wildman–Crippen MR) is 64.5 cm³/mol. The van der Waals surface area contributed by atoms with Crippen molar-refractivity contribution in [3.05, 3.63) is 35.0 Å². The lowest BCUT2D eigenvalue weighted by atomic mass is 10.2. The van der Waals surface area contributed by atoms with E-state index in [0.717, 1.165) is 0 Å². The van der Waals surface area contributed by atoms with Gasteiger partial charge in [-0.2, -0.15) is 5.10 Å². The summed E-state index contributed by atoms with van der Waals surface area (Å²) in [6.45, 7) is 0.316. The minimum absolute atomic E-state index is 0.00291. The van der Waals surface area contributed by atoms with Gasteiger partial charge in [0.25, 0.3) is 0 Å². The van der Waals surface area contributed by atoms with E-state index in [0.29, 0.717) is 18.2 Å². The molecule has 0 bridgehead atoms. The minimum Gasteiger partial charge on any atom is -0.478 e. The molecule has 0 unspecified atom stereocenters. The molecule has 0 atom stereocenters. The summed E-state index contributed by atoms with van der Waals surface area (Å²) in [6, 6.07) is 1.34. The van der Waals surface area contributed by atoms with Crippen LogP contribution in [0, 0.1) is 0 Å². The fraction of sp³-hybridized carbons (Fsp3) is 0.200. The van der Waals surface area contributed by atoms with E-state index in [4.69, 9.17) is 16.7 Å². The Morgan fingerprint density at radius 2 is 2.33 bits per heavy atom. The number of carboxylic acids is 1. The van der Waals surface area contributed by atoms with E-state index < -0.39 is 5.97 Å². The SMILES string of the molecule is Cn1cnc(CNc2nccc(C(=O)O)c2Cl)n1. The maximum atomic E-state index is 10.9. The number of aryl methyl sites for hydroxylation is 1. The van der Waals surface area contributed by atoms with Gasteiger partial charge in [0.15, 0.2) is 5.82 Å². The van der Waals surface area contributed by atoms with Gasteiger partial charge in [-0.05, 0) is 6.07 Å². The maximum absolute atomic E-state index is 10.9. The Balaban J connectivity index is 2.14. The van der Waals surface area contributed by atoms with E-state index in [-0.39, 0.29) is 10.6 Å². The zero-order valence-corrected chi connectivity index (χ0v) is 10.2. The number of aromatic nitrogens is 4. The van der Waals surface area contributed by atoms with E-state index in [1.807, 2.05) is 0 Å². The summed E-state index contributed by atoms with van der Waals surface area (Å²) in [7, 11) is 1.76. The molecule has 7 nitrogen and oxygen atoms in total. The molecule has 8 heteroatoms. The van der Waals surface area contributed by atoms with Gasteiger partial charge >= 0.3 is 5.97 Å². The van der Waals surface area contributed by atoms with Gasteiger partial charge in [0.1, 0.15) is 12.1 Å². The van der Waals surface area contributed by atoms with Crippen molar-refractivity contribution in [3.8, 4) is 0 Å². The molecule has 0 fully saturated rings. The van der Waals surface area contributed by atoms with E-state index in [9.17, 15) is 4.79 Å². The van der Waals surface area contributed by atoms with Crippen LogP contribution in [-0.2, 0) is 13.6 Å². The van der Waals surface area contributed by atoms with Crippen LogP contribution in [0.5, 0.6) is 0 Å². The van der Waals surface area contributed by atoms with Crippen molar-refractivity contribution in [2.24, 2.45) is 7.05 Å². The van der Waals surface area contributed by atoms with Crippen molar-refractivity contribution in [2.45, 2.75) is 6.54 Å². The van der Waals surface area contributed by atoms with Gasteiger partial charge in [0, 0.05) is 13.2 Å². The molecule has 0 aromatic carbocycles. The lowest BCUT2D eigenvalue weighted by Crippen LogP contribution is -2.07. The monoisotopic (exact) mass is 267 g/mol. The molecule has 0 saturated carbocycles. The highest BCUT2D eigenvalue weighted by Gasteiger charge is 2.13. The average molecular weight is 268 g/mol. The molecule has 94 valence electrons. The molecule has 0 spiro atoms. The largest absolute Gasteiger partial charge is 0.478 e. The van der Waals surface area contributed by atoms with Crippen LogP contribution in [0.3, 0.4) is 0 Å². The maximum Gasteiger partial charge on any atom is 0.337 e. The van der Waals surface area contributed by atoms with E-state index in [2.05, 4.69) is 20.4 Å². The Morgan fingerprint density at radius 1 is 1.56 bits per heavy atom. The van der Waals surface area contributed by atoms with Gasteiger partial charge in [0.2, 0.25) is 0 Å². The van der Waals surface area contributed by atoms with E-state index >= 15 is 0 Å². The summed E-state index contributed by atoms with van der Waals surface area (Å²) in [5.41, 5.74) is 0.00291. The number of rotatable bonds is 4. The predicted octanol–water partition coefficient (Wildman–Crippen LogP) is 1.17. The molecule has 0 aliphatic rings. The Morgan fingerprint density at radius 3 is 2.94 bits per heavy atom. The number of anilines is 1. The topological polar surface area (TPSA) is 92.9 Å². The zero-order chi connectivity index (χ0) is 13.1. The first-order chi connectivity index (χ1) is 8.58. The smallest absolute Gasteiger partial charge is 0.337 e. The van der Waals surface area contributed by atoms with Crippen molar-refractivity contribution in [1.29, 1.82) is 0 Å². The fourth-order valence-electron chi connectivity index (χ4n) is 1.36. The highest BCUT2D eigenvalue weighted by Crippen LogP contribution is 2.23. The molecule has 2 N–H and O–H groups in total. The first-order valence-corrected chi connectivity index (χ1v) is 5.42. The molecule has 0 radical (unpaired) electrons. The Kier molecular flexibility index (Phi) is 3.42. The number of carboxylic acid groups (broad SMARTS) is 1. The van der Waals surface area contributed by atoms with Crippen molar-refractivity contribution in [3.63, 3.8) is 0 Å². The molecule has 18 heavy (non-hydrogen) atoms. The number of halogens is 1. The average Bonchev–Trinajstić information content (AvgIpc) is 2.73. The van der Waals surface area contributed by atoms with Crippen molar-refractivity contribution < 1.29 is 9.90 Å². The molecular formula is C10H10ClN5O2.